The quantitative estimate of drug-likeness (QED) is 0.842. The first-order chi connectivity index (χ1) is 12.2. The summed E-state index contributed by atoms with van der Waals surface area (Å²) in [5.74, 6) is 0.341. The van der Waals surface area contributed by atoms with Crippen LogP contribution < -0.4 is 0 Å². The minimum absolute atomic E-state index is 0.341. The van der Waals surface area contributed by atoms with Crippen molar-refractivity contribution >= 4 is 11.3 Å². The van der Waals surface area contributed by atoms with Gasteiger partial charge in [0.1, 0.15) is 5.76 Å². The zero-order valence-corrected chi connectivity index (χ0v) is 14.2. The summed E-state index contributed by atoms with van der Waals surface area (Å²) in [5, 5.41) is 10.4. The van der Waals surface area contributed by atoms with Crippen molar-refractivity contribution in [3.8, 4) is 0 Å². The van der Waals surface area contributed by atoms with E-state index in [1.54, 1.807) is 6.07 Å². The smallest absolute Gasteiger partial charge is 0.187 e. The number of allylic oxidation sites excluding steroid dienone is 1. The molecule has 25 heavy (non-hydrogen) atoms. The second-order valence-corrected chi connectivity index (χ2v) is 6.84. The van der Waals surface area contributed by atoms with E-state index in [9.17, 15) is 5.11 Å². The number of hydrogen-bond donors (Lipinski definition) is 1. The van der Waals surface area contributed by atoms with Gasteiger partial charge in [0.25, 0.3) is 0 Å². The fourth-order valence-corrected chi connectivity index (χ4v) is 3.77. The minimum Gasteiger partial charge on any atom is -0.511 e. The van der Waals surface area contributed by atoms with Gasteiger partial charge in [0.15, 0.2) is 5.69 Å². The van der Waals surface area contributed by atoms with Gasteiger partial charge in [-0.15, -0.1) is 0 Å². The molecule has 1 saturated heterocycles. The van der Waals surface area contributed by atoms with Gasteiger partial charge in [0, 0.05) is 24.7 Å². The Morgan fingerprint density at radius 1 is 1.12 bits per heavy atom. The van der Waals surface area contributed by atoms with Gasteiger partial charge in [-0.05, 0) is 54.8 Å². The lowest BCUT2D eigenvalue weighted by molar-refractivity contribution is 0.220. The van der Waals surface area contributed by atoms with Gasteiger partial charge < -0.3 is 5.11 Å². The molecule has 2 aromatic rings. The highest BCUT2D eigenvalue weighted by molar-refractivity contribution is 5.86. The number of nitrogens with zero attached hydrogens (tertiary/aromatic N) is 3. The number of hydrogen-bond acceptors (Lipinski definition) is 3. The molecule has 0 saturated carbocycles. The Hall–Kier alpha value is -2.64. The van der Waals surface area contributed by atoms with Crippen molar-refractivity contribution in [3.05, 3.63) is 76.1 Å². The van der Waals surface area contributed by atoms with E-state index in [0.29, 0.717) is 17.9 Å². The SMILES string of the molecule is [C-]#[N+]c1ccc2c(c1)C(c1ccc(CN3CCCCC3)cn1)=C(O)C2. The molecule has 0 radical (unpaired) electrons. The molecule has 2 heterocycles. The third kappa shape index (κ3) is 3.16. The van der Waals surface area contributed by atoms with Gasteiger partial charge in [-0.25, -0.2) is 4.85 Å². The lowest BCUT2D eigenvalue weighted by Gasteiger charge is -2.26. The molecule has 4 rings (SSSR count). The number of rotatable bonds is 3. The number of aliphatic hydroxyl groups is 1. The second kappa shape index (κ2) is 6.70. The summed E-state index contributed by atoms with van der Waals surface area (Å²) < 4.78 is 0. The van der Waals surface area contributed by atoms with Crippen LogP contribution in [0.2, 0.25) is 0 Å². The van der Waals surface area contributed by atoms with E-state index in [4.69, 9.17) is 6.57 Å². The minimum atomic E-state index is 0.341. The lowest BCUT2D eigenvalue weighted by Crippen LogP contribution is -2.29. The van der Waals surface area contributed by atoms with Crippen LogP contribution in [0.5, 0.6) is 0 Å². The van der Waals surface area contributed by atoms with Crippen LogP contribution in [-0.4, -0.2) is 28.1 Å². The molecular formula is C21H21N3O. The van der Waals surface area contributed by atoms with Crippen LogP contribution in [0, 0.1) is 6.57 Å². The first-order valence-corrected chi connectivity index (χ1v) is 8.85. The normalized spacial score (nSPS) is 17.4. The largest absolute Gasteiger partial charge is 0.511 e. The first kappa shape index (κ1) is 15.9. The van der Waals surface area contributed by atoms with Crippen molar-refractivity contribution in [1.29, 1.82) is 0 Å². The maximum atomic E-state index is 10.4. The predicted octanol–water partition coefficient (Wildman–Crippen LogP) is 4.49. The number of likely N-dealkylation sites (tertiary alicyclic amines) is 1. The molecule has 0 unspecified atom stereocenters. The molecule has 1 aliphatic heterocycles. The van der Waals surface area contributed by atoms with E-state index in [-0.39, 0.29) is 0 Å². The molecule has 1 fully saturated rings. The Balaban J connectivity index is 1.58. The summed E-state index contributed by atoms with van der Waals surface area (Å²) in [6.07, 6.45) is 6.34. The van der Waals surface area contributed by atoms with E-state index in [1.165, 1.54) is 37.9 Å². The van der Waals surface area contributed by atoms with Crippen molar-refractivity contribution in [2.24, 2.45) is 0 Å². The van der Waals surface area contributed by atoms with Gasteiger partial charge in [0.2, 0.25) is 0 Å². The van der Waals surface area contributed by atoms with Gasteiger partial charge in [-0.2, -0.15) is 0 Å². The van der Waals surface area contributed by atoms with Crippen LogP contribution in [-0.2, 0) is 13.0 Å². The van der Waals surface area contributed by atoms with Crippen LogP contribution in [0.15, 0.2) is 42.3 Å². The number of benzene rings is 1. The molecule has 1 N–H and O–H groups in total. The molecule has 1 aliphatic carbocycles. The molecule has 1 aromatic carbocycles. The number of fused-ring (bicyclic) bond motifs is 1. The lowest BCUT2D eigenvalue weighted by atomic mass is 10.0. The number of pyridine rings is 1. The van der Waals surface area contributed by atoms with Gasteiger partial charge in [0.05, 0.1) is 12.3 Å². The predicted molar refractivity (Wildman–Crippen MR) is 98.4 cm³/mol. The van der Waals surface area contributed by atoms with Crippen molar-refractivity contribution in [2.75, 3.05) is 13.1 Å². The Morgan fingerprint density at radius 2 is 1.96 bits per heavy atom. The molecule has 0 bridgehead atoms. The first-order valence-electron chi connectivity index (χ1n) is 8.85. The Labute approximate surface area is 148 Å². The monoisotopic (exact) mass is 331 g/mol. The van der Waals surface area contributed by atoms with E-state index >= 15 is 0 Å². The molecule has 0 amide bonds. The van der Waals surface area contributed by atoms with E-state index in [1.807, 2.05) is 24.4 Å². The zero-order chi connectivity index (χ0) is 17.2. The van der Waals surface area contributed by atoms with E-state index < -0.39 is 0 Å². The number of aromatic nitrogens is 1. The number of aliphatic hydroxyl groups excluding tert-OH is 1. The van der Waals surface area contributed by atoms with E-state index in [2.05, 4.69) is 20.8 Å². The van der Waals surface area contributed by atoms with Crippen molar-refractivity contribution in [1.82, 2.24) is 9.88 Å². The Bertz CT molecular complexity index is 856. The van der Waals surface area contributed by atoms with Crippen LogP contribution in [0.25, 0.3) is 10.4 Å². The van der Waals surface area contributed by atoms with Crippen molar-refractivity contribution in [2.45, 2.75) is 32.2 Å². The third-order valence-electron chi connectivity index (χ3n) is 5.07. The standard InChI is InChI=1S/C21H21N3O/c1-22-17-7-6-16-11-20(25)21(18(16)12-17)19-8-5-15(13-23-19)14-24-9-3-2-4-10-24/h5-8,12-13,25H,2-4,9-11,14H2. The second-order valence-electron chi connectivity index (χ2n) is 6.84. The maximum Gasteiger partial charge on any atom is 0.187 e. The highest BCUT2D eigenvalue weighted by Gasteiger charge is 2.23. The van der Waals surface area contributed by atoms with Crippen LogP contribution >= 0.6 is 0 Å². The van der Waals surface area contributed by atoms with Crippen LogP contribution in [0.3, 0.4) is 0 Å². The third-order valence-corrected chi connectivity index (χ3v) is 5.07. The Morgan fingerprint density at radius 3 is 2.68 bits per heavy atom. The molecular weight excluding hydrogens is 310 g/mol. The summed E-state index contributed by atoms with van der Waals surface area (Å²) in [4.78, 5) is 10.6. The highest BCUT2D eigenvalue weighted by atomic mass is 16.3. The van der Waals surface area contributed by atoms with Crippen LogP contribution in [0.4, 0.5) is 5.69 Å². The summed E-state index contributed by atoms with van der Waals surface area (Å²) in [7, 11) is 0. The molecule has 4 nitrogen and oxygen atoms in total. The van der Waals surface area contributed by atoms with Crippen LogP contribution in [0.1, 0.15) is 41.6 Å². The van der Waals surface area contributed by atoms with Crippen molar-refractivity contribution < 1.29 is 5.11 Å². The average molecular weight is 331 g/mol. The fourth-order valence-electron chi connectivity index (χ4n) is 3.77. The molecule has 0 atom stereocenters. The topological polar surface area (TPSA) is 40.7 Å². The Kier molecular flexibility index (Phi) is 4.25. The molecule has 4 heteroatoms. The van der Waals surface area contributed by atoms with Gasteiger partial charge in [-0.1, -0.05) is 24.6 Å². The summed E-state index contributed by atoms with van der Waals surface area (Å²) >= 11 is 0. The molecule has 126 valence electrons. The summed E-state index contributed by atoms with van der Waals surface area (Å²) in [6.45, 7) is 10.5. The number of piperidine rings is 1. The molecule has 2 aliphatic rings. The maximum absolute atomic E-state index is 10.4. The highest BCUT2D eigenvalue weighted by Crippen LogP contribution is 2.37. The molecule has 1 aromatic heterocycles. The average Bonchev–Trinajstić information content (AvgIpc) is 2.98. The van der Waals surface area contributed by atoms with E-state index in [0.717, 1.165) is 28.9 Å². The summed E-state index contributed by atoms with van der Waals surface area (Å²) in [5.41, 5.74) is 5.33. The zero-order valence-electron chi connectivity index (χ0n) is 14.2. The fraction of sp³-hybridized carbons (Fsp3) is 0.333. The molecule has 0 spiro atoms. The summed E-state index contributed by atoms with van der Waals surface area (Å²) in [6, 6.07) is 9.68. The van der Waals surface area contributed by atoms with Gasteiger partial charge in [-0.3, -0.25) is 9.88 Å². The van der Waals surface area contributed by atoms with Gasteiger partial charge >= 0.3 is 0 Å². The van der Waals surface area contributed by atoms with Crippen molar-refractivity contribution in [3.63, 3.8) is 0 Å².